The zero-order chi connectivity index (χ0) is 9.03. The Kier molecular flexibility index (Phi) is 4.72. The van der Waals surface area contributed by atoms with E-state index in [-0.39, 0.29) is 19.0 Å². The first kappa shape index (κ1) is 12.2. The molecule has 1 aromatic carbocycles. The van der Waals surface area contributed by atoms with E-state index in [1.807, 2.05) is 18.2 Å². The molecule has 0 aromatic heterocycles. The summed E-state index contributed by atoms with van der Waals surface area (Å²) in [6.45, 7) is -0.128. The molecule has 0 bridgehead atoms. The Morgan fingerprint density at radius 3 is 2.23 bits per heavy atom. The molecule has 1 rings (SSSR count). The van der Waals surface area contributed by atoms with E-state index in [1.54, 1.807) is 12.1 Å². The van der Waals surface area contributed by atoms with Crippen molar-refractivity contribution in [2.75, 3.05) is 6.61 Å². The molecule has 1 aromatic rings. The van der Waals surface area contributed by atoms with Crippen LogP contribution in [0.4, 0.5) is 0 Å². The van der Waals surface area contributed by atoms with Gasteiger partial charge >= 0.3 is 0 Å². The molecule has 0 aliphatic heterocycles. The lowest BCUT2D eigenvalue weighted by atomic mass is 10.3. The zero-order valence-electron chi connectivity index (χ0n) is 7.01. The third kappa shape index (κ3) is 5.43. The molecule has 5 N–H and O–H groups in total. The molecule has 0 heterocycles. The van der Waals surface area contributed by atoms with Crippen LogP contribution in [0.1, 0.15) is 0 Å². The molecule has 0 saturated heterocycles. The van der Waals surface area contributed by atoms with E-state index < -0.39 is 5.85 Å². The molecule has 0 atom stereocenters. The summed E-state index contributed by atoms with van der Waals surface area (Å²) in [7, 11) is 0. The number of benzene rings is 1. The Morgan fingerprint density at radius 1 is 1.23 bits per heavy atom. The number of halogens is 1. The maximum atomic E-state index is 8.91. The Morgan fingerprint density at radius 2 is 1.77 bits per heavy atom. The van der Waals surface area contributed by atoms with Gasteiger partial charge in [-0.15, -0.1) is 12.4 Å². The summed E-state index contributed by atoms with van der Waals surface area (Å²) in [5, 5.41) is 8.91. The Hall–Kier alpha value is -0.810. The van der Waals surface area contributed by atoms with E-state index in [0.717, 1.165) is 0 Å². The average Bonchev–Trinajstić information content (AvgIpc) is 2.02. The van der Waals surface area contributed by atoms with Crippen molar-refractivity contribution in [2.24, 2.45) is 11.5 Å². The molecule has 13 heavy (non-hydrogen) atoms. The lowest BCUT2D eigenvalue weighted by Crippen LogP contribution is -2.54. The normalized spacial score (nSPS) is 10.4. The van der Waals surface area contributed by atoms with Crippen LogP contribution in [-0.2, 0) is 0 Å². The third-order valence-electron chi connectivity index (χ3n) is 1.21. The van der Waals surface area contributed by atoms with Crippen LogP contribution in [0, 0.1) is 0 Å². The van der Waals surface area contributed by atoms with Crippen molar-refractivity contribution in [2.45, 2.75) is 5.85 Å². The number of hydrogen-bond acceptors (Lipinski definition) is 4. The molecular formula is C8H13ClN2O2. The third-order valence-corrected chi connectivity index (χ3v) is 1.21. The van der Waals surface area contributed by atoms with Gasteiger partial charge in [0.1, 0.15) is 12.4 Å². The van der Waals surface area contributed by atoms with Crippen LogP contribution >= 0.6 is 12.4 Å². The first-order valence-electron chi connectivity index (χ1n) is 3.56. The number of nitrogens with two attached hydrogens (primary N) is 2. The Bertz CT molecular complexity index is 236. The van der Waals surface area contributed by atoms with Gasteiger partial charge in [-0.05, 0) is 12.1 Å². The lowest BCUT2D eigenvalue weighted by Gasteiger charge is -2.17. The predicted molar refractivity (Wildman–Crippen MR) is 52.5 cm³/mol. The molecule has 0 spiro atoms. The summed E-state index contributed by atoms with van der Waals surface area (Å²) < 4.78 is 5.07. The second-order valence-electron chi connectivity index (χ2n) is 2.59. The first-order valence-corrected chi connectivity index (χ1v) is 3.56. The molecule has 5 heteroatoms. The van der Waals surface area contributed by atoms with Crippen LogP contribution in [0.3, 0.4) is 0 Å². The van der Waals surface area contributed by atoms with Gasteiger partial charge in [-0.1, -0.05) is 18.2 Å². The summed E-state index contributed by atoms with van der Waals surface area (Å²) in [6.07, 6.45) is 0. The van der Waals surface area contributed by atoms with Gasteiger partial charge < -0.3 is 9.84 Å². The van der Waals surface area contributed by atoms with Crippen molar-refractivity contribution in [1.29, 1.82) is 0 Å². The highest BCUT2D eigenvalue weighted by molar-refractivity contribution is 5.85. The largest absolute Gasteiger partial charge is 0.488 e. The summed E-state index contributed by atoms with van der Waals surface area (Å²) >= 11 is 0. The molecule has 74 valence electrons. The molecule has 0 aliphatic carbocycles. The number of ether oxygens (including phenoxy) is 1. The molecule has 0 aliphatic rings. The molecule has 0 radical (unpaired) electrons. The van der Waals surface area contributed by atoms with Crippen LogP contribution in [0.25, 0.3) is 0 Å². The number of para-hydroxylation sites is 1. The number of rotatable bonds is 3. The van der Waals surface area contributed by atoms with Crippen molar-refractivity contribution < 1.29 is 9.84 Å². The van der Waals surface area contributed by atoms with Crippen molar-refractivity contribution in [3.63, 3.8) is 0 Å². The number of aliphatic hydroxyl groups is 1. The average molecular weight is 205 g/mol. The standard InChI is InChI=1S/C8H12N2O2.ClH/c9-8(10,11)6-12-7-4-2-1-3-5-7;/h1-5,11H,6,9-10H2;1H. The monoisotopic (exact) mass is 204 g/mol. The topological polar surface area (TPSA) is 81.5 Å². The van der Waals surface area contributed by atoms with Gasteiger partial charge in [-0.25, -0.2) is 0 Å². The first-order chi connectivity index (χ1) is 5.58. The molecule has 0 amide bonds. The number of hydrogen-bond donors (Lipinski definition) is 3. The van der Waals surface area contributed by atoms with Gasteiger partial charge in [0.05, 0.1) is 0 Å². The fourth-order valence-corrected chi connectivity index (χ4v) is 0.716. The van der Waals surface area contributed by atoms with Crippen LogP contribution in [-0.4, -0.2) is 17.6 Å². The van der Waals surface area contributed by atoms with E-state index in [9.17, 15) is 0 Å². The van der Waals surface area contributed by atoms with Crippen LogP contribution in [0.15, 0.2) is 30.3 Å². The summed E-state index contributed by atoms with van der Waals surface area (Å²) in [4.78, 5) is 0. The highest BCUT2D eigenvalue weighted by Crippen LogP contribution is 2.08. The van der Waals surface area contributed by atoms with Gasteiger partial charge in [0, 0.05) is 0 Å². The van der Waals surface area contributed by atoms with E-state index >= 15 is 0 Å². The van der Waals surface area contributed by atoms with E-state index in [1.165, 1.54) is 0 Å². The maximum Gasteiger partial charge on any atom is 0.202 e. The van der Waals surface area contributed by atoms with Crippen molar-refractivity contribution in [3.8, 4) is 5.75 Å². The SMILES string of the molecule is Cl.NC(N)(O)COc1ccccc1. The lowest BCUT2D eigenvalue weighted by molar-refractivity contribution is 0.00619. The smallest absolute Gasteiger partial charge is 0.202 e. The predicted octanol–water partition coefficient (Wildman–Crippen LogP) is 0.0507. The van der Waals surface area contributed by atoms with Crippen molar-refractivity contribution in [1.82, 2.24) is 0 Å². The second kappa shape index (κ2) is 5.04. The van der Waals surface area contributed by atoms with Gasteiger partial charge in [0.2, 0.25) is 5.85 Å². The quantitative estimate of drug-likeness (QED) is 0.608. The highest BCUT2D eigenvalue weighted by atomic mass is 35.5. The van der Waals surface area contributed by atoms with E-state index in [2.05, 4.69) is 0 Å². The Balaban J connectivity index is 0.00000144. The summed E-state index contributed by atoms with van der Waals surface area (Å²) in [6, 6.07) is 9.02. The van der Waals surface area contributed by atoms with Gasteiger partial charge in [0.25, 0.3) is 0 Å². The Labute approximate surface area is 82.9 Å². The molecule has 0 saturated carbocycles. The van der Waals surface area contributed by atoms with Crippen LogP contribution in [0.5, 0.6) is 5.75 Å². The van der Waals surface area contributed by atoms with Gasteiger partial charge in [-0.3, -0.25) is 11.5 Å². The fourth-order valence-electron chi connectivity index (χ4n) is 0.716. The summed E-state index contributed by atoms with van der Waals surface area (Å²) in [5.74, 6) is -1.14. The van der Waals surface area contributed by atoms with Gasteiger partial charge in [0.15, 0.2) is 0 Å². The molecular weight excluding hydrogens is 192 g/mol. The van der Waals surface area contributed by atoms with Crippen LogP contribution in [0.2, 0.25) is 0 Å². The molecule has 0 unspecified atom stereocenters. The maximum absolute atomic E-state index is 8.91. The van der Waals surface area contributed by atoms with E-state index in [0.29, 0.717) is 5.75 Å². The van der Waals surface area contributed by atoms with Crippen molar-refractivity contribution >= 4 is 12.4 Å². The minimum Gasteiger partial charge on any atom is -0.488 e. The van der Waals surface area contributed by atoms with Gasteiger partial charge in [-0.2, -0.15) is 0 Å². The summed E-state index contributed by atoms with van der Waals surface area (Å²) in [5.41, 5.74) is 10.2. The molecule has 4 nitrogen and oxygen atoms in total. The molecule has 0 fully saturated rings. The van der Waals surface area contributed by atoms with Crippen molar-refractivity contribution in [3.05, 3.63) is 30.3 Å². The minimum absolute atomic E-state index is 0. The zero-order valence-corrected chi connectivity index (χ0v) is 7.83. The van der Waals surface area contributed by atoms with Crippen LogP contribution < -0.4 is 16.2 Å². The minimum atomic E-state index is -1.77. The second-order valence-corrected chi connectivity index (χ2v) is 2.59. The van der Waals surface area contributed by atoms with E-state index in [4.69, 9.17) is 21.3 Å². The fraction of sp³-hybridized carbons (Fsp3) is 0.250. The highest BCUT2D eigenvalue weighted by Gasteiger charge is 2.13.